The van der Waals surface area contributed by atoms with Crippen molar-refractivity contribution in [2.24, 2.45) is 5.41 Å². The summed E-state index contributed by atoms with van der Waals surface area (Å²) in [6.07, 6.45) is 17.0. The smallest absolute Gasteiger partial charge is 0.298 e. The lowest BCUT2D eigenvalue weighted by Gasteiger charge is -2.45. The number of carbonyl (C=O) groups is 1. The van der Waals surface area contributed by atoms with Crippen LogP contribution in [0.1, 0.15) is 51.0 Å². The van der Waals surface area contributed by atoms with Crippen molar-refractivity contribution in [3.05, 3.63) is 42.4 Å². The fraction of sp³-hybridized carbons (Fsp3) is 0.429. The van der Waals surface area contributed by atoms with Crippen molar-refractivity contribution in [3.8, 4) is 35.3 Å². The van der Waals surface area contributed by atoms with Gasteiger partial charge in [-0.25, -0.2) is 9.50 Å². The highest BCUT2D eigenvalue weighted by Crippen LogP contribution is 2.45. The van der Waals surface area contributed by atoms with Crippen molar-refractivity contribution in [2.45, 2.75) is 51.5 Å². The SMILES string of the molecule is C#CC(=O)N1CCC2(CCC(Nc3ccc(-c4cc(OCC)cn5ncc(C#N)c45)cn3)CC2)CC1. The zero-order chi connectivity index (χ0) is 25.1. The molecule has 184 valence electrons. The first-order valence-electron chi connectivity index (χ1n) is 12.6. The molecule has 0 radical (unpaired) electrons. The molecule has 1 saturated carbocycles. The van der Waals surface area contributed by atoms with Crippen molar-refractivity contribution < 1.29 is 9.53 Å². The average molecular weight is 483 g/mol. The molecule has 1 aliphatic heterocycles. The number of nitrogens with one attached hydrogen (secondary N) is 1. The number of anilines is 1. The van der Waals surface area contributed by atoms with Crippen LogP contribution in [0.4, 0.5) is 5.82 Å². The molecule has 36 heavy (non-hydrogen) atoms. The predicted molar refractivity (Wildman–Crippen MR) is 137 cm³/mol. The third-order valence-corrected chi connectivity index (χ3v) is 7.73. The summed E-state index contributed by atoms with van der Waals surface area (Å²) in [6.45, 7) is 4.02. The summed E-state index contributed by atoms with van der Waals surface area (Å²) in [7, 11) is 0. The zero-order valence-electron chi connectivity index (χ0n) is 20.5. The van der Waals surface area contributed by atoms with Crippen LogP contribution in [0.15, 0.2) is 36.8 Å². The van der Waals surface area contributed by atoms with E-state index in [9.17, 15) is 10.1 Å². The van der Waals surface area contributed by atoms with Crippen LogP contribution < -0.4 is 10.1 Å². The number of hydrogen-bond acceptors (Lipinski definition) is 6. The predicted octanol–water partition coefficient (Wildman–Crippen LogP) is 4.26. The molecule has 1 saturated heterocycles. The number of rotatable bonds is 5. The minimum Gasteiger partial charge on any atom is -0.492 e. The number of pyridine rings is 2. The Hall–Kier alpha value is -4.04. The summed E-state index contributed by atoms with van der Waals surface area (Å²) in [5.74, 6) is 3.60. The Morgan fingerprint density at radius 1 is 1.25 bits per heavy atom. The Labute approximate surface area is 211 Å². The Morgan fingerprint density at radius 3 is 2.67 bits per heavy atom. The number of terminal acetylenes is 1. The molecule has 0 bridgehead atoms. The number of ether oxygens (including phenoxy) is 1. The summed E-state index contributed by atoms with van der Waals surface area (Å²) >= 11 is 0. The number of piperidine rings is 1. The van der Waals surface area contributed by atoms with E-state index < -0.39 is 0 Å². The minimum absolute atomic E-state index is 0.183. The fourth-order valence-electron chi connectivity index (χ4n) is 5.64. The highest BCUT2D eigenvalue weighted by atomic mass is 16.5. The number of nitrogens with zero attached hydrogens (tertiary/aromatic N) is 5. The molecule has 3 aromatic rings. The molecular formula is C28H30N6O2. The van der Waals surface area contributed by atoms with Crippen molar-refractivity contribution in [2.75, 3.05) is 25.0 Å². The van der Waals surface area contributed by atoms with Gasteiger partial charge in [-0.2, -0.15) is 10.4 Å². The number of fused-ring (bicyclic) bond motifs is 1. The lowest BCUT2D eigenvalue weighted by atomic mass is 9.67. The lowest BCUT2D eigenvalue weighted by Crippen LogP contribution is -2.45. The van der Waals surface area contributed by atoms with E-state index in [1.54, 1.807) is 16.9 Å². The Bertz CT molecular complexity index is 1330. The second-order valence-electron chi connectivity index (χ2n) is 9.77. The topological polar surface area (TPSA) is 95.5 Å². The number of nitriles is 1. The van der Waals surface area contributed by atoms with Gasteiger partial charge in [-0.3, -0.25) is 4.79 Å². The van der Waals surface area contributed by atoms with Crippen LogP contribution in [0.5, 0.6) is 5.75 Å². The van der Waals surface area contributed by atoms with E-state index in [0.29, 0.717) is 29.4 Å². The Morgan fingerprint density at radius 2 is 2.03 bits per heavy atom. The van der Waals surface area contributed by atoms with E-state index in [0.717, 1.165) is 74.1 Å². The van der Waals surface area contributed by atoms with Crippen LogP contribution in [-0.4, -0.2) is 51.1 Å². The second kappa shape index (κ2) is 9.91. The van der Waals surface area contributed by atoms with Crippen molar-refractivity contribution in [1.82, 2.24) is 19.5 Å². The zero-order valence-corrected chi connectivity index (χ0v) is 20.5. The molecular weight excluding hydrogens is 452 g/mol. The van der Waals surface area contributed by atoms with Crippen LogP contribution in [-0.2, 0) is 4.79 Å². The van der Waals surface area contributed by atoms with Crippen LogP contribution in [0.2, 0.25) is 0 Å². The molecule has 5 rings (SSSR count). The van der Waals surface area contributed by atoms with E-state index in [2.05, 4.69) is 27.4 Å². The molecule has 8 nitrogen and oxygen atoms in total. The summed E-state index contributed by atoms with van der Waals surface area (Å²) in [6, 6.07) is 8.57. The molecule has 4 heterocycles. The van der Waals surface area contributed by atoms with E-state index in [4.69, 9.17) is 11.2 Å². The van der Waals surface area contributed by atoms with Crippen LogP contribution >= 0.6 is 0 Å². The van der Waals surface area contributed by atoms with E-state index in [-0.39, 0.29) is 5.91 Å². The summed E-state index contributed by atoms with van der Waals surface area (Å²) in [5, 5.41) is 17.5. The summed E-state index contributed by atoms with van der Waals surface area (Å²) in [5.41, 5.74) is 3.36. The lowest BCUT2D eigenvalue weighted by molar-refractivity contribution is -0.127. The van der Waals surface area contributed by atoms with Gasteiger partial charge in [0, 0.05) is 36.5 Å². The molecule has 3 aromatic heterocycles. The van der Waals surface area contributed by atoms with E-state index in [1.165, 1.54) is 0 Å². The molecule has 0 unspecified atom stereocenters. The molecule has 1 N–H and O–H groups in total. The minimum atomic E-state index is -0.183. The second-order valence-corrected chi connectivity index (χ2v) is 9.77. The molecule has 0 aromatic carbocycles. The molecule has 8 heteroatoms. The fourth-order valence-corrected chi connectivity index (χ4v) is 5.64. The third-order valence-electron chi connectivity index (χ3n) is 7.73. The number of carbonyl (C=O) groups excluding carboxylic acids is 1. The first kappa shape index (κ1) is 23.7. The molecule has 0 atom stereocenters. The Kier molecular flexibility index (Phi) is 6.52. The molecule has 1 amide bonds. The Balaban J connectivity index is 1.25. The van der Waals surface area contributed by atoms with Gasteiger partial charge >= 0.3 is 0 Å². The highest BCUT2D eigenvalue weighted by Gasteiger charge is 2.38. The summed E-state index contributed by atoms with van der Waals surface area (Å²) < 4.78 is 7.40. The molecule has 2 fully saturated rings. The first-order chi connectivity index (χ1) is 17.5. The van der Waals surface area contributed by atoms with Gasteiger partial charge < -0.3 is 15.0 Å². The number of likely N-dealkylation sites (tertiary alicyclic amines) is 1. The van der Waals surface area contributed by atoms with Gasteiger partial charge in [-0.15, -0.1) is 6.42 Å². The number of aromatic nitrogens is 3. The largest absolute Gasteiger partial charge is 0.492 e. The van der Waals surface area contributed by atoms with Gasteiger partial charge in [-0.05, 0) is 75.0 Å². The molecule has 1 aliphatic carbocycles. The van der Waals surface area contributed by atoms with Gasteiger partial charge in [0.1, 0.15) is 17.6 Å². The maximum atomic E-state index is 11.8. The van der Waals surface area contributed by atoms with Gasteiger partial charge in [0.15, 0.2) is 0 Å². The van der Waals surface area contributed by atoms with Crippen molar-refractivity contribution in [1.29, 1.82) is 5.26 Å². The molecule has 2 aliphatic rings. The van der Waals surface area contributed by atoms with Gasteiger partial charge in [-0.1, -0.05) is 0 Å². The molecule has 1 spiro atoms. The highest BCUT2D eigenvalue weighted by molar-refractivity contribution is 5.93. The quantitative estimate of drug-likeness (QED) is 0.546. The van der Waals surface area contributed by atoms with E-state index >= 15 is 0 Å². The van der Waals surface area contributed by atoms with Crippen molar-refractivity contribution >= 4 is 17.2 Å². The van der Waals surface area contributed by atoms with Crippen LogP contribution in [0.3, 0.4) is 0 Å². The van der Waals surface area contributed by atoms with Gasteiger partial charge in [0.05, 0.1) is 30.1 Å². The third kappa shape index (κ3) is 4.59. The number of amides is 1. The first-order valence-corrected chi connectivity index (χ1v) is 12.6. The monoisotopic (exact) mass is 482 g/mol. The normalized spacial score (nSPS) is 17.5. The average Bonchev–Trinajstić information content (AvgIpc) is 3.33. The number of hydrogen-bond donors (Lipinski definition) is 1. The maximum absolute atomic E-state index is 11.8. The van der Waals surface area contributed by atoms with Gasteiger partial charge in [0.25, 0.3) is 5.91 Å². The van der Waals surface area contributed by atoms with E-state index in [1.807, 2.05) is 36.2 Å². The summed E-state index contributed by atoms with van der Waals surface area (Å²) in [4.78, 5) is 18.3. The van der Waals surface area contributed by atoms with Crippen molar-refractivity contribution in [3.63, 3.8) is 0 Å². The maximum Gasteiger partial charge on any atom is 0.298 e. The van der Waals surface area contributed by atoms with Crippen LogP contribution in [0.25, 0.3) is 16.6 Å². The van der Waals surface area contributed by atoms with Gasteiger partial charge in [0.2, 0.25) is 0 Å². The standard InChI is InChI=1S/C28H30N6O2/c1-3-26(35)33-13-11-28(12-14-33)9-7-22(8-10-28)32-25-6-5-20(17-30-25)24-15-23(36-4-2)19-34-27(24)21(16-29)18-31-34/h1,5-6,15,17-19,22H,4,7-14H2,2H3,(H,30,32). The van der Waals surface area contributed by atoms with Crippen LogP contribution in [0, 0.1) is 29.1 Å².